The van der Waals surface area contributed by atoms with Crippen LogP contribution in [0.4, 0.5) is 0 Å². The van der Waals surface area contributed by atoms with E-state index in [1.807, 2.05) is 60.7 Å². The van der Waals surface area contributed by atoms with Crippen molar-refractivity contribution in [2.75, 3.05) is 25.5 Å². The van der Waals surface area contributed by atoms with Gasteiger partial charge in [0.15, 0.2) is 0 Å². The summed E-state index contributed by atoms with van der Waals surface area (Å²) >= 11 is 5.81. The van der Waals surface area contributed by atoms with Gasteiger partial charge in [-0.25, -0.2) is 0 Å². The number of likely N-dealkylation sites (tertiary alicyclic amines) is 1. The largest absolute Gasteiger partial charge is 0.462 e. The van der Waals surface area contributed by atoms with Crippen LogP contribution in [0.3, 0.4) is 0 Å². The Morgan fingerprint density at radius 3 is 1.96 bits per heavy atom. The van der Waals surface area contributed by atoms with Gasteiger partial charge in [-0.1, -0.05) is 60.7 Å². The second kappa shape index (κ2) is 10.6. The van der Waals surface area contributed by atoms with Crippen LogP contribution in [0.25, 0.3) is 0 Å². The maximum Gasteiger partial charge on any atom is 0.318 e. The Morgan fingerprint density at radius 1 is 1.00 bits per heavy atom. The molecule has 1 aliphatic rings. The summed E-state index contributed by atoms with van der Waals surface area (Å²) in [5.41, 5.74) is 1.94. The smallest absolute Gasteiger partial charge is 0.318 e. The standard InChI is InChI=1S/C21H24ClNO2.ClH/c22-13-16-23-14-11-19(12-15-23)25-21(24)20(17-7-3-1-4-8-17)18-9-5-2-6-10-18;/h1-10,19-20H,11-16H2;1H. The number of carbonyl (C=O) groups excluding carboxylic acids is 1. The lowest BCUT2D eigenvalue weighted by atomic mass is 9.91. The van der Waals surface area contributed by atoms with E-state index < -0.39 is 0 Å². The van der Waals surface area contributed by atoms with Gasteiger partial charge in [0.2, 0.25) is 0 Å². The molecule has 2 aromatic rings. The third-order valence-corrected chi connectivity index (χ3v) is 4.89. The van der Waals surface area contributed by atoms with E-state index in [9.17, 15) is 4.79 Å². The molecule has 0 spiro atoms. The van der Waals surface area contributed by atoms with E-state index in [0.717, 1.165) is 43.6 Å². The van der Waals surface area contributed by atoms with Gasteiger partial charge in [-0.2, -0.15) is 0 Å². The lowest BCUT2D eigenvalue weighted by Crippen LogP contribution is -2.39. The molecule has 26 heavy (non-hydrogen) atoms. The summed E-state index contributed by atoms with van der Waals surface area (Å²) in [6.45, 7) is 2.77. The minimum atomic E-state index is -0.372. The van der Waals surface area contributed by atoms with Crippen LogP contribution in [0.5, 0.6) is 0 Å². The monoisotopic (exact) mass is 393 g/mol. The fourth-order valence-corrected chi connectivity index (χ4v) is 3.60. The molecule has 0 aromatic heterocycles. The minimum absolute atomic E-state index is 0. The molecular formula is C21H25Cl2NO2. The molecule has 0 atom stereocenters. The second-order valence-electron chi connectivity index (χ2n) is 6.42. The number of rotatable bonds is 6. The van der Waals surface area contributed by atoms with Gasteiger partial charge in [-0.05, 0) is 24.0 Å². The molecule has 2 aromatic carbocycles. The summed E-state index contributed by atoms with van der Waals surface area (Å²) in [5.74, 6) is 0.116. The predicted molar refractivity (Wildman–Crippen MR) is 108 cm³/mol. The van der Waals surface area contributed by atoms with E-state index in [1.54, 1.807) is 0 Å². The van der Waals surface area contributed by atoms with Gasteiger partial charge in [0.05, 0.1) is 0 Å². The highest BCUT2D eigenvalue weighted by Crippen LogP contribution is 2.27. The first-order valence-corrected chi connectivity index (χ1v) is 9.40. The second-order valence-corrected chi connectivity index (χ2v) is 6.80. The molecule has 1 heterocycles. The fraction of sp³-hybridized carbons (Fsp3) is 0.381. The number of piperidine rings is 1. The molecule has 1 fully saturated rings. The van der Waals surface area contributed by atoms with Crippen molar-refractivity contribution in [3.63, 3.8) is 0 Å². The van der Waals surface area contributed by atoms with E-state index in [1.165, 1.54) is 0 Å². The third-order valence-electron chi connectivity index (χ3n) is 4.72. The molecule has 0 unspecified atom stereocenters. The van der Waals surface area contributed by atoms with Crippen LogP contribution < -0.4 is 0 Å². The predicted octanol–water partition coefficient (Wildman–Crippen LogP) is 4.49. The van der Waals surface area contributed by atoms with Crippen molar-refractivity contribution in [2.24, 2.45) is 0 Å². The fourth-order valence-electron chi connectivity index (χ4n) is 3.36. The van der Waals surface area contributed by atoms with Gasteiger partial charge in [0.1, 0.15) is 12.0 Å². The molecule has 3 nitrogen and oxygen atoms in total. The molecule has 140 valence electrons. The molecule has 3 rings (SSSR count). The Kier molecular flexibility index (Phi) is 8.43. The molecule has 0 aliphatic carbocycles. The first kappa shape index (κ1) is 20.8. The first-order chi connectivity index (χ1) is 12.3. The number of carbonyl (C=O) groups is 1. The number of esters is 1. The maximum atomic E-state index is 13.0. The lowest BCUT2D eigenvalue weighted by Gasteiger charge is -2.32. The normalized spacial score (nSPS) is 15.5. The summed E-state index contributed by atoms with van der Waals surface area (Å²) in [5, 5.41) is 0. The number of alkyl halides is 1. The van der Waals surface area contributed by atoms with Gasteiger partial charge >= 0.3 is 5.97 Å². The quantitative estimate of drug-likeness (QED) is 0.534. The average molecular weight is 394 g/mol. The maximum absolute atomic E-state index is 13.0. The molecular weight excluding hydrogens is 369 g/mol. The van der Waals surface area contributed by atoms with E-state index >= 15 is 0 Å². The van der Waals surface area contributed by atoms with Crippen molar-refractivity contribution in [3.05, 3.63) is 71.8 Å². The zero-order valence-corrected chi connectivity index (χ0v) is 16.3. The van der Waals surface area contributed by atoms with Gasteiger partial charge in [0.25, 0.3) is 0 Å². The topological polar surface area (TPSA) is 29.5 Å². The molecule has 0 radical (unpaired) electrons. The van der Waals surface area contributed by atoms with Crippen molar-refractivity contribution < 1.29 is 9.53 Å². The van der Waals surface area contributed by atoms with Crippen molar-refractivity contribution in [3.8, 4) is 0 Å². The number of hydrogen-bond donors (Lipinski definition) is 0. The summed E-state index contributed by atoms with van der Waals surface area (Å²) < 4.78 is 5.89. The Labute approximate surface area is 166 Å². The highest BCUT2D eigenvalue weighted by Gasteiger charge is 2.28. The van der Waals surface area contributed by atoms with Gasteiger partial charge in [-0.15, -0.1) is 24.0 Å². The molecule has 0 bridgehead atoms. The Bertz CT molecular complexity index is 619. The average Bonchev–Trinajstić information content (AvgIpc) is 2.66. The lowest BCUT2D eigenvalue weighted by molar-refractivity contribution is -0.152. The van der Waals surface area contributed by atoms with Crippen LogP contribution in [0.2, 0.25) is 0 Å². The summed E-state index contributed by atoms with van der Waals surface area (Å²) in [6, 6.07) is 19.7. The van der Waals surface area contributed by atoms with Crippen molar-refractivity contribution >= 4 is 30.0 Å². The zero-order valence-electron chi connectivity index (χ0n) is 14.7. The number of halogens is 2. The van der Waals surface area contributed by atoms with Crippen molar-refractivity contribution in [2.45, 2.75) is 24.9 Å². The number of nitrogens with zero attached hydrogens (tertiary/aromatic N) is 1. The Hall–Kier alpha value is -1.55. The van der Waals surface area contributed by atoms with Gasteiger partial charge in [0, 0.05) is 25.5 Å². The number of benzene rings is 2. The molecule has 0 amide bonds. The van der Waals surface area contributed by atoms with Crippen LogP contribution in [0.15, 0.2) is 60.7 Å². The van der Waals surface area contributed by atoms with Crippen LogP contribution in [0, 0.1) is 0 Å². The minimum Gasteiger partial charge on any atom is -0.462 e. The first-order valence-electron chi connectivity index (χ1n) is 8.86. The highest BCUT2D eigenvalue weighted by molar-refractivity contribution is 6.18. The zero-order chi connectivity index (χ0) is 17.5. The van der Waals surface area contributed by atoms with Crippen LogP contribution in [0.1, 0.15) is 29.9 Å². The van der Waals surface area contributed by atoms with Crippen LogP contribution in [-0.4, -0.2) is 42.5 Å². The van der Waals surface area contributed by atoms with Crippen LogP contribution >= 0.6 is 24.0 Å². The molecule has 1 saturated heterocycles. The highest BCUT2D eigenvalue weighted by atomic mass is 35.5. The molecule has 1 aliphatic heterocycles. The number of ether oxygens (including phenoxy) is 1. The molecule has 0 saturated carbocycles. The van der Waals surface area contributed by atoms with E-state index in [0.29, 0.717) is 5.88 Å². The van der Waals surface area contributed by atoms with Crippen molar-refractivity contribution in [1.29, 1.82) is 0 Å². The van der Waals surface area contributed by atoms with E-state index in [4.69, 9.17) is 16.3 Å². The number of hydrogen-bond acceptors (Lipinski definition) is 3. The van der Waals surface area contributed by atoms with E-state index in [2.05, 4.69) is 4.90 Å². The molecule has 5 heteroatoms. The SMILES string of the molecule is Cl.O=C(OC1CCN(CCCl)CC1)C(c1ccccc1)c1ccccc1. The van der Waals surface area contributed by atoms with Gasteiger partial charge in [-0.3, -0.25) is 4.79 Å². The Morgan fingerprint density at radius 2 is 1.50 bits per heavy atom. The molecule has 0 N–H and O–H groups in total. The van der Waals surface area contributed by atoms with Crippen LogP contribution in [-0.2, 0) is 9.53 Å². The van der Waals surface area contributed by atoms with E-state index in [-0.39, 0.29) is 30.4 Å². The third kappa shape index (κ3) is 5.47. The van der Waals surface area contributed by atoms with Crippen molar-refractivity contribution in [1.82, 2.24) is 4.90 Å². The summed E-state index contributed by atoms with van der Waals surface area (Å²) in [4.78, 5) is 15.3. The summed E-state index contributed by atoms with van der Waals surface area (Å²) in [7, 11) is 0. The summed E-state index contributed by atoms with van der Waals surface area (Å²) in [6.07, 6.45) is 1.74. The Balaban J connectivity index is 0.00000243. The van der Waals surface area contributed by atoms with Gasteiger partial charge < -0.3 is 9.64 Å².